The molecule has 0 radical (unpaired) electrons. The summed E-state index contributed by atoms with van der Waals surface area (Å²) in [6, 6.07) is 25.6. The molecule has 4 rings (SSSR count). The number of piperazine rings is 1. The Balaban J connectivity index is 0.000000751. The van der Waals surface area contributed by atoms with Crippen molar-refractivity contribution in [2.24, 2.45) is 17.4 Å². The summed E-state index contributed by atoms with van der Waals surface area (Å²) in [5, 5.41) is 29.5. The van der Waals surface area contributed by atoms with Gasteiger partial charge in [0.1, 0.15) is 18.1 Å². The van der Waals surface area contributed by atoms with E-state index in [0.717, 1.165) is 29.8 Å². The van der Waals surface area contributed by atoms with Gasteiger partial charge in [0.15, 0.2) is 0 Å². The predicted octanol–water partition coefficient (Wildman–Crippen LogP) is 3.35. The fraction of sp³-hybridized carbons (Fsp3) is 0.439. The molecule has 1 amide bonds. The molecule has 0 spiro atoms. The van der Waals surface area contributed by atoms with E-state index in [2.05, 4.69) is 17.3 Å². The highest BCUT2D eigenvalue weighted by molar-refractivity contribution is 5.85. The number of hydrogen-bond acceptors (Lipinski definition) is 10. The number of carboxylic acids is 3. The van der Waals surface area contributed by atoms with E-state index in [1.165, 1.54) is 18.0 Å². The number of carboxylic acid groups (broad SMARTS) is 3. The van der Waals surface area contributed by atoms with Crippen molar-refractivity contribution in [3.05, 3.63) is 108 Å². The molecule has 3 unspecified atom stereocenters. The first kappa shape index (κ1) is 51.1. The molecule has 1 aliphatic rings. The van der Waals surface area contributed by atoms with Gasteiger partial charge in [-0.3, -0.25) is 19.2 Å². The van der Waals surface area contributed by atoms with Crippen LogP contribution < -0.4 is 16.8 Å². The van der Waals surface area contributed by atoms with Crippen molar-refractivity contribution in [1.29, 1.82) is 0 Å². The van der Waals surface area contributed by atoms with Gasteiger partial charge in [-0.2, -0.15) is 0 Å². The quantitative estimate of drug-likeness (QED) is 0.122. The Labute approximate surface area is 336 Å². The number of halogens is 1. The molecule has 0 aliphatic carbocycles. The molecule has 3 aromatic rings. The van der Waals surface area contributed by atoms with Crippen LogP contribution >= 0.6 is 12.4 Å². The Bertz CT molecular complexity index is 1550. The molecular formula is C41H60ClN5O9. The van der Waals surface area contributed by atoms with Gasteiger partial charge in [0.2, 0.25) is 5.91 Å². The summed E-state index contributed by atoms with van der Waals surface area (Å²) in [6.07, 6.45) is 1.26. The smallest absolute Gasteiger partial charge is 0.326 e. The number of aliphatic carboxylic acids is 3. The van der Waals surface area contributed by atoms with E-state index >= 15 is 0 Å². The molecule has 310 valence electrons. The number of nitrogens with one attached hydrogen (secondary N) is 1. The number of amides is 1. The number of carbonyl (C=O) groups excluding carboxylic acids is 2. The second-order valence-corrected chi connectivity index (χ2v) is 13.4. The summed E-state index contributed by atoms with van der Waals surface area (Å²) < 4.78 is 4.88. The van der Waals surface area contributed by atoms with Crippen LogP contribution in [0.25, 0.3) is 0 Å². The molecule has 1 aliphatic heterocycles. The van der Waals surface area contributed by atoms with Crippen molar-refractivity contribution >= 4 is 42.2 Å². The molecular weight excluding hydrogens is 742 g/mol. The normalized spacial score (nSPS) is 13.6. The minimum atomic E-state index is -1.11. The topological polar surface area (TPSA) is 226 Å². The Kier molecular flexibility index (Phi) is 26.9. The number of hydrogen-bond donors (Lipinski definition) is 6. The molecule has 3 aromatic carbocycles. The number of esters is 1. The van der Waals surface area contributed by atoms with E-state index < -0.39 is 48.4 Å². The maximum atomic E-state index is 12.1. The van der Waals surface area contributed by atoms with Crippen LogP contribution in [0.3, 0.4) is 0 Å². The summed E-state index contributed by atoms with van der Waals surface area (Å²) in [4.78, 5) is 59.0. The molecule has 3 atom stereocenters. The monoisotopic (exact) mass is 801 g/mol. The van der Waals surface area contributed by atoms with Crippen LogP contribution in [0.4, 0.5) is 0 Å². The third-order valence-corrected chi connectivity index (χ3v) is 8.17. The minimum Gasteiger partial charge on any atom is -0.481 e. The van der Waals surface area contributed by atoms with Crippen LogP contribution in [0.1, 0.15) is 43.4 Å². The first-order valence-electron chi connectivity index (χ1n) is 18.2. The van der Waals surface area contributed by atoms with Crippen LogP contribution in [0, 0.1) is 5.92 Å². The maximum Gasteiger partial charge on any atom is 0.326 e. The summed E-state index contributed by atoms with van der Waals surface area (Å²) in [7, 11) is 3.72. The molecule has 1 heterocycles. The lowest BCUT2D eigenvalue weighted by Gasteiger charge is -2.26. The van der Waals surface area contributed by atoms with Gasteiger partial charge in [0.25, 0.3) is 0 Å². The number of ether oxygens (including phenoxy) is 1. The molecule has 56 heavy (non-hydrogen) atoms. The number of nitrogens with zero attached hydrogens (tertiary/aromatic N) is 2. The van der Waals surface area contributed by atoms with E-state index in [1.54, 1.807) is 7.05 Å². The Morgan fingerprint density at radius 3 is 1.66 bits per heavy atom. The zero-order chi connectivity index (χ0) is 41.2. The predicted molar refractivity (Wildman–Crippen MR) is 218 cm³/mol. The summed E-state index contributed by atoms with van der Waals surface area (Å²) >= 11 is 0. The van der Waals surface area contributed by atoms with Crippen molar-refractivity contribution in [3.63, 3.8) is 0 Å². The maximum absolute atomic E-state index is 12.1. The fourth-order valence-corrected chi connectivity index (χ4v) is 4.96. The zero-order valence-corrected chi connectivity index (χ0v) is 33.6. The number of likely N-dealkylation sites (N-methyl/N-ethyl adjacent to an activating group) is 2. The van der Waals surface area contributed by atoms with Crippen molar-refractivity contribution in [2.75, 3.05) is 46.9 Å². The van der Waals surface area contributed by atoms with E-state index in [9.17, 15) is 29.1 Å². The third-order valence-electron chi connectivity index (χ3n) is 8.17. The van der Waals surface area contributed by atoms with E-state index in [-0.39, 0.29) is 37.3 Å². The van der Waals surface area contributed by atoms with Gasteiger partial charge >= 0.3 is 23.9 Å². The molecule has 0 bridgehead atoms. The van der Waals surface area contributed by atoms with E-state index in [0.29, 0.717) is 19.3 Å². The average molecular weight is 802 g/mol. The van der Waals surface area contributed by atoms with Gasteiger partial charge in [-0.05, 0) is 42.5 Å². The number of nitrogens with two attached hydrogens (primary N) is 2. The second-order valence-electron chi connectivity index (χ2n) is 13.4. The summed E-state index contributed by atoms with van der Waals surface area (Å²) in [5.41, 5.74) is 13.6. The van der Waals surface area contributed by atoms with Crippen LogP contribution in [0.2, 0.25) is 0 Å². The van der Waals surface area contributed by atoms with Crippen LogP contribution in [-0.4, -0.2) is 120 Å². The summed E-state index contributed by atoms with van der Waals surface area (Å²) in [6.45, 7) is 8.85. The van der Waals surface area contributed by atoms with E-state index in [1.807, 2.05) is 105 Å². The number of carbonyl (C=O) groups is 5. The van der Waals surface area contributed by atoms with Gasteiger partial charge in [0, 0.05) is 39.6 Å². The first-order chi connectivity index (χ1) is 26.1. The average Bonchev–Trinajstić information content (AvgIpc) is 3.15. The highest BCUT2D eigenvalue weighted by atomic mass is 35.5. The van der Waals surface area contributed by atoms with Gasteiger partial charge in [-0.25, -0.2) is 4.79 Å². The first-order valence-corrected chi connectivity index (χ1v) is 18.2. The standard InChI is InChI=1S/C15H21NO3.C12H15NO4.C9H11NO2.C5H12N2.ClH/c1-11(2)9-13(15(18)19)16(3)14(17)10-12-7-5-4-6-8-12;13-10(8-11(14)15)12(16)17-7-6-9-4-2-1-3-5-9;10-8(9(11)12)6-7-4-2-1-3-5-7;1-7-4-2-6-3-5-7;/h4-8,11,13H,9-10H2,1-3H3,(H,18,19);1-5,10H,6-8,13H2,(H,14,15);1-5,8H,6,10H2,(H,11,12);6H,2-5H2,1H3;1H. The lowest BCUT2D eigenvalue weighted by atomic mass is 10.0. The molecule has 14 nitrogen and oxygen atoms in total. The fourth-order valence-electron chi connectivity index (χ4n) is 4.96. The Morgan fingerprint density at radius 1 is 0.768 bits per heavy atom. The molecule has 15 heteroatoms. The van der Waals surface area contributed by atoms with Gasteiger partial charge < -0.3 is 46.6 Å². The SMILES string of the molecule is CC(C)CC(C(=O)O)N(C)C(=O)Cc1ccccc1.CN1CCNCC1.Cl.NC(CC(=O)O)C(=O)OCCc1ccccc1.NC(Cc1ccccc1)C(=O)O. The van der Waals surface area contributed by atoms with Crippen molar-refractivity contribution in [2.45, 2.75) is 64.1 Å². The Morgan fingerprint density at radius 2 is 1.25 bits per heavy atom. The largest absolute Gasteiger partial charge is 0.481 e. The molecule has 0 saturated carbocycles. The van der Waals surface area contributed by atoms with E-state index in [4.69, 9.17) is 26.4 Å². The molecule has 0 aromatic heterocycles. The second kappa shape index (κ2) is 29.4. The third kappa shape index (κ3) is 23.8. The van der Waals surface area contributed by atoms with Gasteiger partial charge in [0.05, 0.1) is 19.4 Å². The highest BCUT2D eigenvalue weighted by Crippen LogP contribution is 2.13. The molecule has 8 N–H and O–H groups in total. The zero-order valence-electron chi connectivity index (χ0n) is 32.8. The highest BCUT2D eigenvalue weighted by Gasteiger charge is 2.27. The number of benzene rings is 3. The van der Waals surface area contributed by atoms with Crippen LogP contribution in [0.15, 0.2) is 91.0 Å². The van der Waals surface area contributed by atoms with Gasteiger partial charge in [-0.15, -0.1) is 12.4 Å². The lowest BCUT2D eigenvalue weighted by Crippen LogP contribution is -2.43. The lowest BCUT2D eigenvalue weighted by molar-refractivity contribution is -0.149. The van der Waals surface area contributed by atoms with Crippen molar-refractivity contribution in [1.82, 2.24) is 15.1 Å². The summed E-state index contributed by atoms with van der Waals surface area (Å²) in [5.74, 6) is -3.63. The molecule has 1 fully saturated rings. The van der Waals surface area contributed by atoms with Crippen molar-refractivity contribution < 1.29 is 44.0 Å². The minimum absolute atomic E-state index is 0. The van der Waals surface area contributed by atoms with Crippen LogP contribution in [-0.2, 0) is 48.0 Å². The van der Waals surface area contributed by atoms with Crippen molar-refractivity contribution in [3.8, 4) is 0 Å². The Hall–Kier alpha value is -4.86. The van der Waals surface area contributed by atoms with Crippen LogP contribution in [0.5, 0.6) is 0 Å². The molecule has 1 saturated heterocycles. The number of rotatable bonds is 15. The van der Waals surface area contributed by atoms with Gasteiger partial charge in [-0.1, -0.05) is 105 Å².